The normalized spacial score (nSPS) is 24.8. The summed E-state index contributed by atoms with van der Waals surface area (Å²) in [4.78, 5) is 29.1. The fourth-order valence-corrected chi connectivity index (χ4v) is 5.58. The summed E-state index contributed by atoms with van der Waals surface area (Å²) in [5.41, 5.74) is 2.15. The van der Waals surface area contributed by atoms with Crippen LogP contribution in [-0.2, 0) is 4.79 Å². The van der Waals surface area contributed by atoms with Crippen LogP contribution in [0, 0.1) is 11.8 Å². The van der Waals surface area contributed by atoms with E-state index in [9.17, 15) is 9.59 Å². The highest BCUT2D eigenvalue weighted by Crippen LogP contribution is 2.42. The number of hydrogen-bond acceptors (Lipinski definition) is 3. The lowest BCUT2D eigenvalue weighted by atomic mass is 9.78. The second kappa shape index (κ2) is 9.09. The Hall–Kier alpha value is -2.24. The minimum atomic E-state index is -0.107. The van der Waals surface area contributed by atoms with Crippen molar-refractivity contribution in [3.05, 3.63) is 63.5 Å². The van der Waals surface area contributed by atoms with Crippen LogP contribution >= 0.6 is 23.4 Å². The van der Waals surface area contributed by atoms with Crippen molar-refractivity contribution in [2.45, 2.75) is 44.0 Å². The van der Waals surface area contributed by atoms with E-state index in [4.69, 9.17) is 11.6 Å². The van der Waals surface area contributed by atoms with Gasteiger partial charge in [0.15, 0.2) is 0 Å². The summed E-state index contributed by atoms with van der Waals surface area (Å²) >= 11 is 7.67. The minimum absolute atomic E-state index is 0.0722. The molecule has 6 heteroatoms. The lowest BCUT2D eigenvalue weighted by Crippen LogP contribution is -2.43. The van der Waals surface area contributed by atoms with E-state index < -0.39 is 0 Å². The van der Waals surface area contributed by atoms with Crippen LogP contribution in [0.1, 0.15) is 49.0 Å². The van der Waals surface area contributed by atoms with Crippen molar-refractivity contribution in [1.82, 2.24) is 5.32 Å². The molecule has 2 amide bonds. The van der Waals surface area contributed by atoms with Gasteiger partial charge < -0.3 is 10.2 Å². The van der Waals surface area contributed by atoms with Gasteiger partial charge in [-0.1, -0.05) is 68.3 Å². The predicted octanol–water partition coefficient (Wildman–Crippen LogP) is 6.00. The summed E-state index contributed by atoms with van der Waals surface area (Å²) in [6.45, 7) is 4.48. The molecule has 1 aliphatic carbocycles. The molecule has 2 aromatic carbocycles. The number of likely N-dealkylation sites (N-methyl/N-ethyl adjacent to an activating group) is 1. The van der Waals surface area contributed by atoms with Crippen molar-refractivity contribution in [2.75, 3.05) is 11.9 Å². The molecule has 2 aliphatic rings. The summed E-state index contributed by atoms with van der Waals surface area (Å²) in [6, 6.07) is 13.2. The third kappa shape index (κ3) is 4.53. The molecule has 4 nitrogen and oxygen atoms in total. The lowest BCUT2D eigenvalue weighted by molar-refractivity contribution is -0.114. The van der Waals surface area contributed by atoms with Gasteiger partial charge in [0.25, 0.3) is 11.8 Å². The highest BCUT2D eigenvalue weighted by molar-refractivity contribution is 8.04. The van der Waals surface area contributed by atoms with Crippen molar-refractivity contribution in [3.8, 4) is 0 Å². The SMILES string of the molecule is C[C@@H]1[C@H](C)CCC[C@H]1NC(=O)c1ccc2c(c1)N(C)C(=O)/C(=C/c1ccccc1Cl)S2. The van der Waals surface area contributed by atoms with Gasteiger partial charge >= 0.3 is 0 Å². The van der Waals surface area contributed by atoms with Crippen LogP contribution in [-0.4, -0.2) is 24.9 Å². The molecular formula is C25H27ClN2O2S. The topological polar surface area (TPSA) is 49.4 Å². The smallest absolute Gasteiger partial charge is 0.264 e. The number of hydrogen-bond donors (Lipinski definition) is 1. The van der Waals surface area contributed by atoms with Gasteiger partial charge in [-0.15, -0.1) is 0 Å². The number of fused-ring (bicyclic) bond motifs is 1. The Labute approximate surface area is 193 Å². The first kappa shape index (κ1) is 22.0. The number of rotatable bonds is 3. The molecule has 4 rings (SSSR count). The van der Waals surface area contributed by atoms with Gasteiger partial charge in [0.1, 0.15) is 0 Å². The van der Waals surface area contributed by atoms with Gasteiger partial charge in [-0.2, -0.15) is 0 Å². The fourth-order valence-electron chi connectivity index (χ4n) is 4.31. The first-order chi connectivity index (χ1) is 14.8. The number of carbonyl (C=O) groups excluding carboxylic acids is 2. The summed E-state index contributed by atoms with van der Waals surface area (Å²) in [7, 11) is 1.74. The lowest BCUT2D eigenvalue weighted by Gasteiger charge is -2.34. The van der Waals surface area contributed by atoms with Crippen LogP contribution in [0.3, 0.4) is 0 Å². The molecular weight excluding hydrogens is 428 g/mol. The third-order valence-electron chi connectivity index (χ3n) is 6.53. The number of anilines is 1. The van der Waals surface area contributed by atoms with Crippen molar-refractivity contribution in [1.29, 1.82) is 0 Å². The van der Waals surface area contributed by atoms with Crippen molar-refractivity contribution >= 4 is 46.9 Å². The van der Waals surface area contributed by atoms with Gasteiger partial charge in [-0.25, -0.2) is 0 Å². The van der Waals surface area contributed by atoms with Crippen LogP contribution in [0.25, 0.3) is 6.08 Å². The third-order valence-corrected chi connectivity index (χ3v) is 7.95. The first-order valence-electron chi connectivity index (χ1n) is 10.7. The van der Waals surface area contributed by atoms with Crippen LogP contribution in [0.4, 0.5) is 5.69 Å². The molecule has 0 spiro atoms. The Bertz CT molecular complexity index is 1050. The molecule has 3 atom stereocenters. The summed E-state index contributed by atoms with van der Waals surface area (Å²) in [5.74, 6) is 0.903. The molecule has 1 fully saturated rings. The van der Waals surface area contributed by atoms with Gasteiger partial charge in [0.05, 0.1) is 10.6 Å². The average molecular weight is 455 g/mol. The molecule has 1 aliphatic heterocycles. The highest BCUT2D eigenvalue weighted by atomic mass is 35.5. The minimum Gasteiger partial charge on any atom is -0.349 e. The quantitative estimate of drug-likeness (QED) is 0.578. The second-order valence-corrected chi connectivity index (χ2v) is 10.0. The Balaban J connectivity index is 1.56. The summed E-state index contributed by atoms with van der Waals surface area (Å²) in [5, 5.41) is 3.83. The zero-order valence-electron chi connectivity index (χ0n) is 18.0. The molecule has 0 bridgehead atoms. The van der Waals surface area contributed by atoms with Crippen molar-refractivity contribution in [3.63, 3.8) is 0 Å². The van der Waals surface area contributed by atoms with Crippen LogP contribution in [0.5, 0.6) is 0 Å². The Kier molecular flexibility index (Phi) is 6.44. The van der Waals surface area contributed by atoms with E-state index in [-0.39, 0.29) is 17.9 Å². The van der Waals surface area contributed by atoms with E-state index in [2.05, 4.69) is 19.2 Å². The molecule has 31 heavy (non-hydrogen) atoms. The van der Waals surface area contributed by atoms with Crippen molar-refractivity contribution < 1.29 is 9.59 Å². The van der Waals surface area contributed by atoms with E-state index in [0.29, 0.717) is 27.3 Å². The zero-order valence-corrected chi connectivity index (χ0v) is 19.6. The van der Waals surface area contributed by atoms with Crippen molar-refractivity contribution in [2.24, 2.45) is 11.8 Å². The van der Waals surface area contributed by atoms with E-state index in [1.54, 1.807) is 11.9 Å². The fraction of sp³-hybridized carbons (Fsp3) is 0.360. The maximum absolute atomic E-state index is 13.0. The molecule has 0 saturated heterocycles. The van der Waals surface area contributed by atoms with Crippen LogP contribution in [0.15, 0.2) is 52.3 Å². The molecule has 0 radical (unpaired) electrons. The van der Waals surface area contributed by atoms with Crippen LogP contribution in [0.2, 0.25) is 5.02 Å². The van der Waals surface area contributed by atoms with E-state index in [0.717, 1.165) is 29.0 Å². The Morgan fingerprint density at radius 1 is 1.19 bits per heavy atom. The number of halogens is 1. The molecule has 2 aromatic rings. The zero-order chi connectivity index (χ0) is 22.1. The van der Waals surface area contributed by atoms with Gasteiger partial charge in [-0.05, 0) is 54.2 Å². The Morgan fingerprint density at radius 3 is 2.74 bits per heavy atom. The molecule has 162 valence electrons. The standard InChI is InChI=1S/C25H27ClN2O2S/c1-15-7-6-10-20(16(15)2)27-24(29)18-11-12-22-21(13-18)28(3)25(30)23(31-22)14-17-8-4-5-9-19(17)26/h4-5,8-9,11-16,20H,6-7,10H2,1-3H3,(H,27,29)/b23-14-/t15-,16-,20-/m1/s1. The number of nitrogens with one attached hydrogen (secondary N) is 1. The monoisotopic (exact) mass is 454 g/mol. The van der Waals surface area contributed by atoms with Crippen LogP contribution < -0.4 is 10.2 Å². The number of thioether (sulfide) groups is 1. The molecule has 1 saturated carbocycles. The summed E-state index contributed by atoms with van der Waals surface area (Å²) < 4.78 is 0. The molecule has 1 heterocycles. The molecule has 0 unspecified atom stereocenters. The average Bonchev–Trinajstić information content (AvgIpc) is 2.76. The number of nitrogens with zero attached hydrogens (tertiary/aromatic N) is 1. The largest absolute Gasteiger partial charge is 0.349 e. The van der Waals surface area contributed by atoms with E-state index in [1.807, 2.05) is 48.5 Å². The Morgan fingerprint density at radius 2 is 1.97 bits per heavy atom. The number of amides is 2. The van der Waals surface area contributed by atoms with Gasteiger partial charge in [0.2, 0.25) is 0 Å². The highest BCUT2D eigenvalue weighted by Gasteiger charge is 2.30. The van der Waals surface area contributed by atoms with E-state index in [1.165, 1.54) is 18.2 Å². The predicted molar refractivity (Wildman–Crippen MR) is 129 cm³/mol. The molecule has 0 aromatic heterocycles. The number of benzene rings is 2. The van der Waals surface area contributed by atoms with Gasteiger partial charge in [-0.3, -0.25) is 9.59 Å². The maximum atomic E-state index is 13.0. The maximum Gasteiger partial charge on any atom is 0.264 e. The molecule has 1 N–H and O–H groups in total. The first-order valence-corrected chi connectivity index (χ1v) is 11.9. The summed E-state index contributed by atoms with van der Waals surface area (Å²) in [6.07, 6.45) is 5.21. The van der Waals surface area contributed by atoms with Gasteiger partial charge in [0, 0.05) is 28.6 Å². The van der Waals surface area contributed by atoms with E-state index >= 15 is 0 Å². The second-order valence-electron chi connectivity index (χ2n) is 8.53. The number of carbonyl (C=O) groups is 2.